The van der Waals surface area contributed by atoms with Gasteiger partial charge in [-0.05, 0) is 23.6 Å². The number of aromatic nitrogens is 1. The zero-order chi connectivity index (χ0) is 17.7. The third kappa shape index (κ3) is 5.34. The Morgan fingerprint density at radius 2 is 2.08 bits per heavy atom. The van der Waals surface area contributed by atoms with Crippen LogP contribution in [0.2, 0.25) is 0 Å². The molecule has 0 spiro atoms. The molecular formula is C19H28N4S. The Morgan fingerprint density at radius 3 is 2.71 bits per heavy atom. The first-order valence-corrected chi connectivity index (χ1v) is 9.25. The van der Waals surface area contributed by atoms with Gasteiger partial charge in [0.25, 0.3) is 0 Å². The Labute approximate surface area is 149 Å². The molecule has 0 aliphatic heterocycles. The van der Waals surface area contributed by atoms with Crippen LogP contribution in [0.15, 0.2) is 34.6 Å². The number of nitrogens with two attached hydrogens (primary N) is 1. The molecule has 0 amide bonds. The minimum atomic E-state index is 0.0973. The van der Waals surface area contributed by atoms with Gasteiger partial charge in [-0.3, -0.25) is 4.99 Å². The molecule has 1 aromatic heterocycles. The lowest BCUT2D eigenvalue weighted by molar-refractivity contribution is 0.571. The number of benzene rings is 1. The second kappa shape index (κ2) is 7.79. The van der Waals surface area contributed by atoms with Crippen molar-refractivity contribution in [1.29, 1.82) is 0 Å². The fourth-order valence-corrected chi connectivity index (χ4v) is 3.22. The van der Waals surface area contributed by atoms with E-state index in [4.69, 9.17) is 5.73 Å². The van der Waals surface area contributed by atoms with E-state index in [9.17, 15) is 0 Å². The Hall–Kier alpha value is -1.88. The van der Waals surface area contributed by atoms with Crippen molar-refractivity contribution in [2.24, 2.45) is 10.7 Å². The highest BCUT2D eigenvalue weighted by molar-refractivity contribution is 7.09. The Bertz CT molecular complexity index is 695. The number of anilines is 1. The van der Waals surface area contributed by atoms with Gasteiger partial charge in [0.2, 0.25) is 0 Å². The van der Waals surface area contributed by atoms with Crippen LogP contribution in [0, 0.1) is 0 Å². The van der Waals surface area contributed by atoms with Crippen molar-refractivity contribution in [2.75, 3.05) is 11.9 Å². The molecule has 0 fully saturated rings. The Kier molecular flexibility index (Phi) is 5.99. The summed E-state index contributed by atoms with van der Waals surface area (Å²) in [7, 11) is 0. The van der Waals surface area contributed by atoms with Crippen LogP contribution in [-0.4, -0.2) is 17.5 Å². The third-order valence-corrected chi connectivity index (χ3v) is 4.66. The van der Waals surface area contributed by atoms with Gasteiger partial charge in [0.1, 0.15) is 0 Å². The summed E-state index contributed by atoms with van der Waals surface area (Å²) in [5.41, 5.74) is 9.49. The fourth-order valence-electron chi connectivity index (χ4n) is 2.21. The summed E-state index contributed by atoms with van der Waals surface area (Å²) in [5, 5.41) is 6.41. The summed E-state index contributed by atoms with van der Waals surface area (Å²) in [6.07, 6.45) is 0.815. The van der Waals surface area contributed by atoms with Crippen molar-refractivity contribution in [3.05, 3.63) is 45.9 Å². The molecule has 0 radical (unpaired) electrons. The summed E-state index contributed by atoms with van der Waals surface area (Å²) < 4.78 is 0. The standard InChI is InChI=1S/C19H28N4S/c1-13(2)14-7-6-8-15(11-14)22-18(20)21-10-9-17-23-16(12-24-17)19(3,4)5/h6-8,11-13H,9-10H2,1-5H3,(H3,20,21,22). The first kappa shape index (κ1) is 18.5. The van der Waals surface area contributed by atoms with Gasteiger partial charge >= 0.3 is 0 Å². The summed E-state index contributed by atoms with van der Waals surface area (Å²) in [5.74, 6) is 0.940. The number of nitrogens with one attached hydrogen (secondary N) is 1. The minimum Gasteiger partial charge on any atom is -0.370 e. The fraction of sp³-hybridized carbons (Fsp3) is 0.474. The highest BCUT2D eigenvalue weighted by atomic mass is 32.1. The lowest BCUT2D eigenvalue weighted by atomic mass is 9.93. The van der Waals surface area contributed by atoms with Crippen LogP contribution in [0.5, 0.6) is 0 Å². The predicted octanol–water partition coefficient (Wildman–Crippen LogP) is 4.53. The van der Waals surface area contributed by atoms with Crippen LogP contribution >= 0.6 is 11.3 Å². The zero-order valence-electron chi connectivity index (χ0n) is 15.3. The molecule has 1 heterocycles. The molecule has 0 saturated carbocycles. The number of hydrogen-bond acceptors (Lipinski definition) is 3. The van der Waals surface area contributed by atoms with E-state index in [1.807, 2.05) is 12.1 Å². The van der Waals surface area contributed by atoms with Gasteiger partial charge in [0.15, 0.2) is 5.96 Å². The summed E-state index contributed by atoms with van der Waals surface area (Å²) >= 11 is 1.70. The molecule has 0 atom stereocenters. The molecule has 24 heavy (non-hydrogen) atoms. The van der Waals surface area contributed by atoms with E-state index in [1.54, 1.807) is 11.3 Å². The van der Waals surface area contributed by atoms with Gasteiger partial charge in [-0.15, -0.1) is 11.3 Å². The maximum absolute atomic E-state index is 5.99. The van der Waals surface area contributed by atoms with Crippen LogP contribution in [0.1, 0.15) is 56.8 Å². The molecule has 0 aliphatic carbocycles. The molecule has 5 heteroatoms. The number of rotatable bonds is 5. The van der Waals surface area contributed by atoms with Crippen LogP contribution < -0.4 is 11.1 Å². The number of nitrogens with zero attached hydrogens (tertiary/aromatic N) is 2. The molecule has 0 aliphatic rings. The van der Waals surface area contributed by atoms with E-state index >= 15 is 0 Å². The van der Waals surface area contributed by atoms with Gasteiger partial charge in [-0.25, -0.2) is 4.98 Å². The summed E-state index contributed by atoms with van der Waals surface area (Å²) in [4.78, 5) is 9.09. The van der Waals surface area contributed by atoms with E-state index in [0.29, 0.717) is 18.4 Å². The number of guanidine groups is 1. The molecule has 2 aromatic rings. The highest BCUT2D eigenvalue weighted by Crippen LogP contribution is 2.24. The molecule has 4 nitrogen and oxygen atoms in total. The maximum atomic E-state index is 5.99. The first-order valence-electron chi connectivity index (χ1n) is 8.37. The molecule has 130 valence electrons. The molecule has 0 unspecified atom stereocenters. The van der Waals surface area contributed by atoms with E-state index in [-0.39, 0.29) is 5.41 Å². The van der Waals surface area contributed by atoms with E-state index < -0.39 is 0 Å². The first-order chi connectivity index (χ1) is 11.3. The van der Waals surface area contributed by atoms with Gasteiger partial charge in [-0.2, -0.15) is 0 Å². The number of aliphatic imine (C=N–C) groups is 1. The average Bonchev–Trinajstić information content (AvgIpc) is 2.96. The Balaban J connectivity index is 1.90. The average molecular weight is 345 g/mol. The van der Waals surface area contributed by atoms with E-state index in [0.717, 1.165) is 22.8 Å². The molecule has 2 rings (SSSR count). The van der Waals surface area contributed by atoms with Gasteiger partial charge in [0.05, 0.1) is 10.7 Å². The van der Waals surface area contributed by atoms with Crippen LogP contribution in [0.4, 0.5) is 5.69 Å². The van der Waals surface area contributed by atoms with Gasteiger partial charge in [-0.1, -0.05) is 46.8 Å². The van der Waals surface area contributed by atoms with Crippen molar-refractivity contribution in [2.45, 2.75) is 52.4 Å². The second-order valence-electron chi connectivity index (χ2n) is 7.30. The molecule has 1 aromatic carbocycles. The predicted molar refractivity (Wildman–Crippen MR) is 105 cm³/mol. The SMILES string of the molecule is CC(C)c1cccc(NC(N)=NCCc2nc(C(C)(C)C)cs2)c1. The largest absolute Gasteiger partial charge is 0.370 e. The van der Waals surface area contributed by atoms with Crippen molar-refractivity contribution in [1.82, 2.24) is 4.98 Å². The Morgan fingerprint density at radius 1 is 1.33 bits per heavy atom. The molecule has 0 saturated heterocycles. The van der Waals surface area contributed by atoms with Crippen LogP contribution in [-0.2, 0) is 11.8 Å². The monoisotopic (exact) mass is 344 g/mol. The lowest BCUT2D eigenvalue weighted by Crippen LogP contribution is -2.23. The zero-order valence-corrected chi connectivity index (χ0v) is 16.1. The molecule has 0 bridgehead atoms. The lowest BCUT2D eigenvalue weighted by Gasteiger charge is -2.14. The third-order valence-electron chi connectivity index (χ3n) is 3.75. The highest BCUT2D eigenvalue weighted by Gasteiger charge is 2.17. The normalized spacial score (nSPS) is 12.7. The van der Waals surface area contributed by atoms with Gasteiger partial charge in [0, 0.05) is 29.4 Å². The van der Waals surface area contributed by atoms with Crippen molar-refractivity contribution in [3.8, 4) is 0 Å². The number of hydrogen-bond donors (Lipinski definition) is 2. The topological polar surface area (TPSA) is 63.3 Å². The van der Waals surface area contributed by atoms with Crippen molar-refractivity contribution >= 4 is 23.0 Å². The summed E-state index contributed by atoms with van der Waals surface area (Å²) in [6.45, 7) is 11.5. The second-order valence-corrected chi connectivity index (χ2v) is 8.24. The van der Waals surface area contributed by atoms with Crippen LogP contribution in [0.25, 0.3) is 0 Å². The molecular weight excluding hydrogens is 316 g/mol. The minimum absolute atomic E-state index is 0.0973. The van der Waals surface area contributed by atoms with Crippen LogP contribution in [0.3, 0.4) is 0 Å². The van der Waals surface area contributed by atoms with Crippen molar-refractivity contribution in [3.63, 3.8) is 0 Å². The smallest absolute Gasteiger partial charge is 0.193 e. The quantitative estimate of drug-likeness (QED) is 0.618. The molecule has 3 N–H and O–H groups in total. The summed E-state index contributed by atoms with van der Waals surface area (Å²) in [6, 6.07) is 8.28. The van der Waals surface area contributed by atoms with E-state index in [2.05, 4.69) is 67.4 Å². The van der Waals surface area contributed by atoms with Gasteiger partial charge < -0.3 is 11.1 Å². The number of thiazole rings is 1. The maximum Gasteiger partial charge on any atom is 0.193 e. The van der Waals surface area contributed by atoms with E-state index in [1.165, 1.54) is 5.56 Å². The van der Waals surface area contributed by atoms with Crippen molar-refractivity contribution < 1.29 is 0 Å².